The maximum atomic E-state index is 2.49. The standard InChI is InChI=1S/C60H40S/c1-3-15-39-33-41(27-25-37(39)13-1)57-45-17-5-9-21-49(45)59(50-22-10-6-18-46(50)57)43-29-31-55-53(35-43)54-36-44(30-32-56(54)61-55)60-51-23-11-7-19-47(51)58(48-20-8-12-24-52(48)60)42-28-26-38-14-2-4-16-40(38)34-42/h1-5,7,9-17,19,21-36H,6,8,18,20H2. The summed E-state index contributed by atoms with van der Waals surface area (Å²) in [4.78, 5) is 0. The molecular formula is C60H40S. The first-order valence-corrected chi connectivity index (χ1v) is 22.5. The second-order valence-corrected chi connectivity index (χ2v) is 18.0. The quantitative estimate of drug-likeness (QED) is 0.167. The lowest BCUT2D eigenvalue weighted by molar-refractivity contribution is 0.991. The zero-order valence-electron chi connectivity index (χ0n) is 33.7. The van der Waals surface area contributed by atoms with Crippen molar-refractivity contribution in [2.75, 3.05) is 0 Å². The molecule has 0 amide bonds. The molecule has 0 nitrogen and oxygen atoms in total. The molecule has 0 spiro atoms. The summed E-state index contributed by atoms with van der Waals surface area (Å²) in [6.07, 6.45) is 13.7. The van der Waals surface area contributed by atoms with Gasteiger partial charge in [-0.2, -0.15) is 0 Å². The summed E-state index contributed by atoms with van der Waals surface area (Å²) in [7, 11) is 0. The van der Waals surface area contributed by atoms with Crippen LogP contribution in [0, 0.1) is 0 Å². The fourth-order valence-electron chi connectivity index (χ4n) is 10.8. The molecule has 0 saturated heterocycles. The summed E-state index contributed by atoms with van der Waals surface area (Å²) < 4.78 is 2.66. The fraction of sp³-hybridized carbons (Fsp3) is 0.0667. The zero-order chi connectivity index (χ0) is 40.0. The van der Waals surface area contributed by atoms with E-state index >= 15 is 0 Å². The Bertz CT molecular complexity index is 3460. The molecule has 286 valence electrons. The Labute approximate surface area is 359 Å². The van der Waals surface area contributed by atoms with Gasteiger partial charge in [-0.1, -0.05) is 158 Å². The average Bonchev–Trinajstić information content (AvgIpc) is 3.69. The van der Waals surface area contributed by atoms with E-state index in [1.165, 1.54) is 130 Å². The molecule has 0 fully saturated rings. The van der Waals surface area contributed by atoms with E-state index in [1.54, 1.807) is 0 Å². The van der Waals surface area contributed by atoms with Crippen LogP contribution in [0.3, 0.4) is 0 Å². The van der Waals surface area contributed by atoms with Gasteiger partial charge in [0.2, 0.25) is 0 Å². The van der Waals surface area contributed by atoms with Crippen LogP contribution in [0.4, 0.5) is 0 Å². The Morgan fingerprint density at radius 3 is 1.15 bits per heavy atom. The van der Waals surface area contributed by atoms with Gasteiger partial charge in [0, 0.05) is 20.2 Å². The van der Waals surface area contributed by atoms with Gasteiger partial charge in [-0.3, -0.25) is 0 Å². The lowest BCUT2D eigenvalue weighted by Crippen LogP contribution is -2.02. The van der Waals surface area contributed by atoms with E-state index in [0.29, 0.717) is 0 Å². The molecule has 1 aromatic heterocycles. The summed E-state index contributed by atoms with van der Waals surface area (Å²) in [5.41, 5.74) is 16.3. The number of rotatable bonds is 4. The molecule has 10 aromatic carbocycles. The molecule has 1 heterocycles. The van der Waals surface area contributed by atoms with E-state index in [4.69, 9.17) is 0 Å². The Morgan fingerprint density at radius 2 is 0.689 bits per heavy atom. The van der Waals surface area contributed by atoms with Crippen LogP contribution in [-0.2, 0) is 12.8 Å². The van der Waals surface area contributed by atoms with E-state index < -0.39 is 0 Å². The molecule has 0 aliphatic heterocycles. The second kappa shape index (κ2) is 13.7. The molecule has 2 aliphatic rings. The van der Waals surface area contributed by atoms with Crippen molar-refractivity contribution in [1.29, 1.82) is 0 Å². The number of allylic oxidation sites excluding steroid dienone is 2. The van der Waals surface area contributed by atoms with Gasteiger partial charge in [-0.05, 0) is 172 Å². The van der Waals surface area contributed by atoms with Gasteiger partial charge >= 0.3 is 0 Å². The highest BCUT2D eigenvalue weighted by atomic mass is 32.1. The maximum Gasteiger partial charge on any atom is 0.0355 e. The van der Waals surface area contributed by atoms with Crippen molar-refractivity contribution in [3.63, 3.8) is 0 Å². The average molecular weight is 793 g/mol. The van der Waals surface area contributed by atoms with Crippen molar-refractivity contribution in [2.24, 2.45) is 0 Å². The first-order chi connectivity index (χ1) is 30.2. The summed E-state index contributed by atoms with van der Waals surface area (Å²) >= 11 is 1.91. The number of hydrogen-bond donors (Lipinski definition) is 0. The van der Waals surface area contributed by atoms with Gasteiger partial charge in [-0.25, -0.2) is 0 Å². The lowest BCUT2D eigenvalue weighted by atomic mass is 9.79. The van der Waals surface area contributed by atoms with Crippen molar-refractivity contribution in [2.45, 2.75) is 25.7 Å². The third-order valence-corrected chi connectivity index (χ3v) is 14.7. The van der Waals surface area contributed by atoms with Gasteiger partial charge in [0.05, 0.1) is 0 Å². The predicted octanol–water partition coefficient (Wildman–Crippen LogP) is 17.3. The van der Waals surface area contributed by atoms with E-state index in [0.717, 1.165) is 25.7 Å². The molecule has 0 saturated carbocycles. The van der Waals surface area contributed by atoms with Crippen LogP contribution in [0.15, 0.2) is 182 Å². The highest BCUT2D eigenvalue weighted by Crippen LogP contribution is 2.49. The maximum absolute atomic E-state index is 2.49. The molecule has 0 unspecified atom stereocenters. The van der Waals surface area contributed by atoms with Crippen LogP contribution >= 0.6 is 11.3 Å². The molecule has 13 rings (SSSR count). The minimum atomic E-state index is 1.03. The first-order valence-electron chi connectivity index (χ1n) is 21.7. The summed E-state index contributed by atoms with van der Waals surface area (Å²) in [5, 5.41) is 13.1. The van der Waals surface area contributed by atoms with Gasteiger partial charge < -0.3 is 0 Å². The summed E-state index contributed by atoms with van der Waals surface area (Å²) in [6, 6.07) is 64.2. The first kappa shape index (κ1) is 34.8. The Balaban J connectivity index is 1.01. The molecule has 0 radical (unpaired) electrons. The number of hydrogen-bond acceptors (Lipinski definition) is 1. The van der Waals surface area contributed by atoms with Crippen molar-refractivity contribution in [3.05, 3.63) is 204 Å². The highest BCUT2D eigenvalue weighted by molar-refractivity contribution is 7.25. The molecule has 61 heavy (non-hydrogen) atoms. The van der Waals surface area contributed by atoms with Gasteiger partial charge in [0.1, 0.15) is 0 Å². The second-order valence-electron chi connectivity index (χ2n) is 16.9. The third kappa shape index (κ3) is 5.44. The largest absolute Gasteiger partial charge is 0.135 e. The smallest absolute Gasteiger partial charge is 0.0355 e. The van der Waals surface area contributed by atoms with Crippen LogP contribution in [-0.4, -0.2) is 0 Å². The van der Waals surface area contributed by atoms with Crippen LogP contribution in [0.25, 0.3) is 120 Å². The van der Waals surface area contributed by atoms with Crippen LogP contribution in [0.2, 0.25) is 0 Å². The van der Waals surface area contributed by atoms with Gasteiger partial charge in [-0.15, -0.1) is 11.3 Å². The lowest BCUT2D eigenvalue weighted by Gasteiger charge is -2.24. The van der Waals surface area contributed by atoms with E-state index in [2.05, 4.69) is 194 Å². The van der Waals surface area contributed by atoms with Crippen LogP contribution in [0.5, 0.6) is 0 Å². The minimum absolute atomic E-state index is 1.03. The Hall–Kier alpha value is -7.06. The Kier molecular flexibility index (Phi) is 7.83. The zero-order valence-corrected chi connectivity index (χ0v) is 34.5. The van der Waals surface area contributed by atoms with Crippen LogP contribution < -0.4 is 0 Å². The highest BCUT2D eigenvalue weighted by Gasteiger charge is 2.24. The molecular weight excluding hydrogens is 753 g/mol. The predicted molar refractivity (Wildman–Crippen MR) is 266 cm³/mol. The minimum Gasteiger partial charge on any atom is -0.135 e. The molecule has 11 aromatic rings. The van der Waals surface area contributed by atoms with Crippen molar-refractivity contribution in [1.82, 2.24) is 0 Å². The van der Waals surface area contributed by atoms with E-state index in [1.807, 2.05) is 11.3 Å². The molecule has 1 heteroatoms. The monoisotopic (exact) mass is 792 g/mol. The van der Waals surface area contributed by atoms with Gasteiger partial charge in [0.25, 0.3) is 0 Å². The van der Waals surface area contributed by atoms with Crippen molar-refractivity contribution in [3.8, 4) is 44.5 Å². The molecule has 0 atom stereocenters. The topological polar surface area (TPSA) is 0 Å². The van der Waals surface area contributed by atoms with Crippen molar-refractivity contribution < 1.29 is 0 Å². The van der Waals surface area contributed by atoms with Crippen molar-refractivity contribution >= 4 is 86.8 Å². The Morgan fingerprint density at radius 1 is 0.311 bits per heavy atom. The molecule has 2 aliphatic carbocycles. The number of fused-ring (bicyclic) bond motifs is 9. The normalized spacial score (nSPS) is 13.5. The molecule has 0 N–H and O–H groups in total. The molecule has 0 bridgehead atoms. The number of benzene rings is 10. The van der Waals surface area contributed by atoms with Gasteiger partial charge in [0.15, 0.2) is 0 Å². The number of thiophene rings is 1. The fourth-order valence-corrected chi connectivity index (χ4v) is 11.9. The third-order valence-electron chi connectivity index (χ3n) is 13.5. The SMILES string of the molecule is C1=Cc2c(c(-c3ccc4ccccc4c3)c3ccccc3c2-c2ccc3sc4ccc(-c5c6c(c(-c7ccc8ccccc8c7)c7ccccc57)CCC=C6)cc4c3c2)CC1. The van der Waals surface area contributed by atoms with Crippen LogP contribution in [0.1, 0.15) is 35.1 Å². The van der Waals surface area contributed by atoms with E-state index in [-0.39, 0.29) is 0 Å². The summed E-state index contributed by atoms with van der Waals surface area (Å²) in [6.45, 7) is 0. The van der Waals surface area contributed by atoms with E-state index in [9.17, 15) is 0 Å². The summed E-state index contributed by atoms with van der Waals surface area (Å²) in [5.74, 6) is 0.